The normalized spacial score (nSPS) is 19.1. The molecule has 0 saturated carbocycles. The molecular weight excluding hydrogens is 360 g/mol. The number of hydrogen-bond donors (Lipinski definition) is 2. The predicted molar refractivity (Wildman–Crippen MR) is 97.7 cm³/mol. The molecule has 8 heteroatoms. The second kappa shape index (κ2) is 7.78. The molecule has 3 heterocycles. The number of fused-ring (bicyclic) bond motifs is 1. The van der Waals surface area contributed by atoms with Gasteiger partial charge >= 0.3 is 5.97 Å². The number of carboxylic acids is 1. The van der Waals surface area contributed by atoms with Crippen molar-refractivity contribution in [2.24, 2.45) is 0 Å². The van der Waals surface area contributed by atoms with Crippen molar-refractivity contribution in [3.05, 3.63) is 21.9 Å². The molecule has 0 radical (unpaired) electrons. The van der Waals surface area contributed by atoms with E-state index in [9.17, 15) is 19.5 Å². The second-order valence-electron chi connectivity index (χ2n) is 6.48. The SMILES string of the molecule is O=C(CCC(=O)N1CCc2sccc2C1)NC1(C(=O)O)CCSCC1. The minimum absolute atomic E-state index is 0.0357. The number of amides is 2. The van der Waals surface area contributed by atoms with Crippen LogP contribution in [0.4, 0.5) is 0 Å². The molecule has 1 aromatic rings. The molecule has 136 valence electrons. The van der Waals surface area contributed by atoms with Crippen LogP contribution >= 0.6 is 23.1 Å². The second-order valence-corrected chi connectivity index (χ2v) is 8.71. The molecule has 0 aromatic carbocycles. The first kappa shape index (κ1) is 18.3. The van der Waals surface area contributed by atoms with Crippen LogP contribution in [0.1, 0.15) is 36.1 Å². The van der Waals surface area contributed by atoms with E-state index in [0.29, 0.717) is 25.9 Å². The maximum absolute atomic E-state index is 12.4. The van der Waals surface area contributed by atoms with Gasteiger partial charge in [0.1, 0.15) is 5.54 Å². The average molecular weight is 383 g/mol. The summed E-state index contributed by atoms with van der Waals surface area (Å²) in [5.74, 6) is 0.0739. The summed E-state index contributed by atoms with van der Waals surface area (Å²) in [4.78, 5) is 39.3. The maximum Gasteiger partial charge on any atom is 0.329 e. The Labute approximate surface area is 155 Å². The molecule has 1 saturated heterocycles. The molecule has 2 aliphatic rings. The number of aliphatic carboxylic acids is 1. The molecule has 2 N–H and O–H groups in total. The Morgan fingerprint density at radius 1 is 1.24 bits per heavy atom. The van der Waals surface area contributed by atoms with Crippen LogP contribution in [0, 0.1) is 0 Å². The third kappa shape index (κ3) is 4.17. The summed E-state index contributed by atoms with van der Waals surface area (Å²) in [5.41, 5.74) is 0.0285. The highest BCUT2D eigenvalue weighted by Crippen LogP contribution is 2.28. The molecule has 2 amide bonds. The van der Waals surface area contributed by atoms with Crippen molar-refractivity contribution in [3.63, 3.8) is 0 Å². The Morgan fingerprint density at radius 2 is 2.00 bits per heavy atom. The van der Waals surface area contributed by atoms with Crippen LogP contribution in [0.2, 0.25) is 0 Å². The van der Waals surface area contributed by atoms with Gasteiger partial charge in [-0.15, -0.1) is 11.3 Å². The van der Waals surface area contributed by atoms with Crippen molar-refractivity contribution in [1.29, 1.82) is 0 Å². The summed E-state index contributed by atoms with van der Waals surface area (Å²) in [6.07, 6.45) is 1.88. The highest BCUT2D eigenvalue weighted by molar-refractivity contribution is 7.99. The smallest absolute Gasteiger partial charge is 0.329 e. The Morgan fingerprint density at radius 3 is 2.72 bits per heavy atom. The number of rotatable bonds is 5. The van der Waals surface area contributed by atoms with E-state index in [1.807, 2.05) is 11.4 Å². The van der Waals surface area contributed by atoms with Crippen molar-refractivity contribution in [2.75, 3.05) is 18.1 Å². The molecule has 1 aromatic heterocycles. The van der Waals surface area contributed by atoms with Gasteiger partial charge in [-0.2, -0.15) is 11.8 Å². The van der Waals surface area contributed by atoms with Crippen LogP contribution in [0.3, 0.4) is 0 Å². The number of nitrogens with zero attached hydrogens (tertiary/aromatic N) is 1. The Kier molecular flexibility index (Phi) is 5.68. The largest absolute Gasteiger partial charge is 0.480 e. The van der Waals surface area contributed by atoms with Crippen molar-refractivity contribution < 1.29 is 19.5 Å². The molecular formula is C17H22N2O4S2. The van der Waals surface area contributed by atoms with Gasteiger partial charge in [0.15, 0.2) is 0 Å². The maximum atomic E-state index is 12.4. The van der Waals surface area contributed by atoms with Gasteiger partial charge in [-0.3, -0.25) is 9.59 Å². The van der Waals surface area contributed by atoms with Crippen LogP contribution in [-0.4, -0.2) is 51.4 Å². The van der Waals surface area contributed by atoms with E-state index in [0.717, 1.165) is 17.9 Å². The third-order valence-electron chi connectivity index (χ3n) is 4.86. The minimum atomic E-state index is -1.16. The molecule has 3 rings (SSSR count). The lowest BCUT2D eigenvalue weighted by molar-refractivity contribution is -0.148. The Hall–Kier alpha value is -1.54. The first-order chi connectivity index (χ1) is 12.0. The molecule has 0 unspecified atom stereocenters. The van der Waals surface area contributed by atoms with Crippen LogP contribution in [0.25, 0.3) is 0 Å². The zero-order valence-corrected chi connectivity index (χ0v) is 15.6. The number of carboxylic acid groups (broad SMARTS) is 1. The summed E-state index contributed by atoms with van der Waals surface area (Å²) in [6.45, 7) is 1.29. The molecule has 25 heavy (non-hydrogen) atoms. The van der Waals surface area contributed by atoms with Gasteiger partial charge in [0.05, 0.1) is 0 Å². The molecule has 0 spiro atoms. The first-order valence-electron chi connectivity index (χ1n) is 8.45. The summed E-state index contributed by atoms with van der Waals surface area (Å²) in [6, 6.07) is 2.05. The quantitative estimate of drug-likeness (QED) is 0.812. The number of thiophene rings is 1. The van der Waals surface area contributed by atoms with E-state index < -0.39 is 11.5 Å². The standard InChI is InChI=1S/C17H22N2O4S2/c20-14(18-17(16(22)23)5-9-24-10-6-17)1-2-15(21)19-7-3-13-12(11-19)4-8-25-13/h4,8H,1-3,5-7,9-11H2,(H,18,20)(H,22,23). The molecule has 6 nitrogen and oxygen atoms in total. The highest BCUT2D eigenvalue weighted by atomic mass is 32.2. The van der Waals surface area contributed by atoms with Crippen molar-refractivity contribution >= 4 is 40.9 Å². The van der Waals surface area contributed by atoms with E-state index in [-0.39, 0.29) is 24.7 Å². The van der Waals surface area contributed by atoms with Gasteiger partial charge in [0, 0.05) is 30.8 Å². The number of hydrogen-bond acceptors (Lipinski definition) is 5. The highest BCUT2D eigenvalue weighted by Gasteiger charge is 2.41. The summed E-state index contributed by atoms with van der Waals surface area (Å²) in [7, 11) is 0. The van der Waals surface area contributed by atoms with E-state index in [4.69, 9.17) is 0 Å². The number of thioether (sulfide) groups is 1. The van der Waals surface area contributed by atoms with Gasteiger partial charge < -0.3 is 15.3 Å². The van der Waals surface area contributed by atoms with Gasteiger partial charge in [0.2, 0.25) is 11.8 Å². The number of nitrogens with one attached hydrogen (secondary N) is 1. The molecule has 0 aliphatic carbocycles. The molecule has 2 aliphatic heterocycles. The zero-order chi connectivity index (χ0) is 17.9. The Balaban J connectivity index is 1.50. The third-order valence-corrected chi connectivity index (χ3v) is 6.87. The monoisotopic (exact) mass is 382 g/mol. The van der Waals surface area contributed by atoms with E-state index in [1.54, 1.807) is 28.0 Å². The summed E-state index contributed by atoms with van der Waals surface area (Å²) in [5, 5.41) is 14.2. The van der Waals surface area contributed by atoms with Crippen LogP contribution in [0.5, 0.6) is 0 Å². The molecule has 0 atom stereocenters. The fraction of sp³-hybridized carbons (Fsp3) is 0.588. The Bertz CT molecular complexity index is 667. The summed E-state index contributed by atoms with van der Waals surface area (Å²) >= 11 is 3.42. The molecule has 0 bridgehead atoms. The summed E-state index contributed by atoms with van der Waals surface area (Å²) < 4.78 is 0. The predicted octanol–water partition coefficient (Wildman–Crippen LogP) is 1.88. The lowest BCUT2D eigenvalue weighted by atomic mass is 9.92. The van der Waals surface area contributed by atoms with Gasteiger partial charge in [0.25, 0.3) is 0 Å². The topological polar surface area (TPSA) is 86.7 Å². The lowest BCUT2D eigenvalue weighted by Crippen LogP contribution is -2.56. The van der Waals surface area contributed by atoms with Gasteiger partial charge in [-0.25, -0.2) is 4.79 Å². The fourth-order valence-electron chi connectivity index (χ4n) is 3.28. The number of carbonyl (C=O) groups is 3. The van der Waals surface area contributed by atoms with Gasteiger partial charge in [-0.1, -0.05) is 0 Å². The van der Waals surface area contributed by atoms with Crippen LogP contribution < -0.4 is 5.32 Å². The molecule has 1 fully saturated rings. The fourth-order valence-corrected chi connectivity index (χ4v) is 5.36. The van der Waals surface area contributed by atoms with Crippen molar-refractivity contribution in [3.8, 4) is 0 Å². The van der Waals surface area contributed by atoms with E-state index >= 15 is 0 Å². The minimum Gasteiger partial charge on any atom is -0.480 e. The first-order valence-corrected chi connectivity index (χ1v) is 10.5. The lowest BCUT2D eigenvalue weighted by Gasteiger charge is -2.33. The zero-order valence-electron chi connectivity index (χ0n) is 14.0. The van der Waals surface area contributed by atoms with E-state index in [1.165, 1.54) is 10.4 Å². The number of carbonyl (C=O) groups excluding carboxylic acids is 2. The van der Waals surface area contributed by atoms with Crippen LogP contribution in [-0.2, 0) is 27.3 Å². The van der Waals surface area contributed by atoms with Crippen LogP contribution in [0.15, 0.2) is 11.4 Å². The van der Waals surface area contributed by atoms with Crippen molar-refractivity contribution in [1.82, 2.24) is 10.2 Å². The average Bonchev–Trinajstić information content (AvgIpc) is 3.08. The van der Waals surface area contributed by atoms with Gasteiger partial charge in [-0.05, 0) is 47.8 Å². The van der Waals surface area contributed by atoms with E-state index in [2.05, 4.69) is 5.32 Å². The van der Waals surface area contributed by atoms with Crippen molar-refractivity contribution in [2.45, 2.75) is 44.2 Å².